The molecule has 1 amide bonds. The molecule has 0 saturated carbocycles. The van der Waals surface area contributed by atoms with E-state index >= 15 is 0 Å². The lowest BCUT2D eigenvalue weighted by Crippen LogP contribution is -2.39. The van der Waals surface area contributed by atoms with Crippen molar-refractivity contribution in [2.45, 2.75) is 31.9 Å². The summed E-state index contributed by atoms with van der Waals surface area (Å²) in [5.74, 6) is -0.114. The van der Waals surface area contributed by atoms with Crippen LogP contribution in [0, 0.1) is 0 Å². The van der Waals surface area contributed by atoms with Gasteiger partial charge in [0, 0.05) is 16.7 Å². The Morgan fingerprint density at radius 2 is 2.06 bits per heavy atom. The van der Waals surface area contributed by atoms with Gasteiger partial charge in [-0.3, -0.25) is 4.79 Å². The molecule has 98 valence electrons. The highest BCUT2D eigenvalue weighted by molar-refractivity contribution is 6.36. The summed E-state index contributed by atoms with van der Waals surface area (Å²) in [5.41, 5.74) is 0.661. The van der Waals surface area contributed by atoms with Crippen LogP contribution in [-0.4, -0.2) is 18.7 Å². The molecular weight excluding hydrogens is 273 g/mol. The number of benzene rings is 1. The molecule has 1 fully saturated rings. The van der Waals surface area contributed by atoms with Gasteiger partial charge in [-0.15, -0.1) is 0 Å². The number of hydrogen-bond acceptors (Lipinski definition) is 2. The van der Waals surface area contributed by atoms with Gasteiger partial charge in [0.05, 0.1) is 6.42 Å². The second-order valence-electron chi connectivity index (χ2n) is 4.30. The van der Waals surface area contributed by atoms with Crippen LogP contribution in [0.15, 0.2) is 18.2 Å². The predicted octanol–water partition coefficient (Wildman–Crippen LogP) is 3.18. The van der Waals surface area contributed by atoms with Gasteiger partial charge in [-0.05, 0) is 37.0 Å². The number of carbonyl (C=O) groups is 1. The molecule has 3 nitrogen and oxygen atoms in total. The lowest BCUT2D eigenvalue weighted by molar-refractivity contribution is -0.126. The molecule has 2 rings (SSSR count). The van der Waals surface area contributed by atoms with E-state index in [1.54, 1.807) is 18.2 Å². The number of carbonyl (C=O) groups excluding carboxylic acids is 1. The predicted molar refractivity (Wildman–Crippen MR) is 71.9 cm³/mol. The van der Waals surface area contributed by atoms with Crippen molar-refractivity contribution in [2.24, 2.45) is 0 Å². The van der Waals surface area contributed by atoms with Crippen LogP contribution in [-0.2, 0) is 16.0 Å². The minimum absolute atomic E-state index is 0.114. The quantitative estimate of drug-likeness (QED) is 0.927. The van der Waals surface area contributed by atoms with Crippen molar-refractivity contribution in [3.63, 3.8) is 0 Å². The fraction of sp³-hybridized carbons (Fsp3) is 0.462. The Labute approximate surface area is 116 Å². The second kappa shape index (κ2) is 6.41. The smallest absolute Gasteiger partial charge is 0.226 e. The molecule has 1 heterocycles. The van der Waals surface area contributed by atoms with E-state index in [-0.39, 0.29) is 18.6 Å². The second-order valence-corrected chi connectivity index (χ2v) is 5.11. The Hall–Kier alpha value is -0.770. The van der Waals surface area contributed by atoms with E-state index in [9.17, 15) is 4.79 Å². The average molecular weight is 288 g/mol. The van der Waals surface area contributed by atoms with Crippen LogP contribution in [0.1, 0.15) is 24.8 Å². The standard InChI is InChI=1S/C13H15Cl2NO2/c14-10-4-3-5-11(15)9(10)8-12(17)16-13-6-1-2-7-18-13/h3-5,13H,1-2,6-8H2,(H,16,17). The third kappa shape index (κ3) is 3.61. The van der Waals surface area contributed by atoms with E-state index in [1.807, 2.05) is 0 Å². The first-order valence-corrected chi connectivity index (χ1v) is 6.76. The number of amides is 1. The fourth-order valence-electron chi connectivity index (χ4n) is 1.95. The van der Waals surface area contributed by atoms with Crippen LogP contribution in [0.4, 0.5) is 0 Å². The van der Waals surface area contributed by atoms with Crippen molar-refractivity contribution < 1.29 is 9.53 Å². The van der Waals surface area contributed by atoms with E-state index in [0.29, 0.717) is 22.2 Å². The largest absolute Gasteiger partial charge is 0.359 e. The lowest BCUT2D eigenvalue weighted by Gasteiger charge is -2.23. The van der Waals surface area contributed by atoms with Gasteiger partial charge in [0.1, 0.15) is 6.23 Å². The molecule has 1 aromatic carbocycles. The summed E-state index contributed by atoms with van der Waals surface area (Å²) in [4.78, 5) is 11.9. The maximum absolute atomic E-state index is 11.9. The van der Waals surface area contributed by atoms with Crippen LogP contribution in [0.3, 0.4) is 0 Å². The zero-order chi connectivity index (χ0) is 13.0. The minimum Gasteiger partial charge on any atom is -0.359 e. The Balaban J connectivity index is 1.94. The van der Waals surface area contributed by atoms with Gasteiger partial charge in [-0.1, -0.05) is 29.3 Å². The Morgan fingerprint density at radius 1 is 1.33 bits per heavy atom. The van der Waals surface area contributed by atoms with Gasteiger partial charge in [0.15, 0.2) is 0 Å². The zero-order valence-corrected chi connectivity index (χ0v) is 11.4. The number of ether oxygens (including phenoxy) is 1. The molecular formula is C13H15Cl2NO2. The van der Waals surface area contributed by atoms with Crippen molar-refractivity contribution in [3.8, 4) is 0 Å². The summed E-state index contributed by atoms with van der Waals surface area (Å²) in [6.07, 6.45) is 3.01. The average Bonchev–Trinajstić information content (AvgIpc) is 2.35. The molecule has 0 aliphatic carbocycles. The lowest BCUT2D eigenvalue weighted by atomic mass is 10.1. The maximum atomic E-state index is 11.9. The minimum atomic E-state index is -0.174. The third-order valence-electron chi connectivity index (χ3n) is 2.90. The molecule has 0 radical (unpaired) electrons. The fourth-order valence-corrected chi connectivity index (χ4v) is 2.48. The van der Waals surface area contributed by atoms with Gasteiger partial charge in [0.2, 0.25) is 5.91 Å². The molecule has 0 spiro atoms. The molecule has 1 atom stereocenters. The van der Waals surface area contributed by atoms with Crippen molar-refractivity contribution in [3.05, 3.63) is 33.8 Å². The summed E-state index contributed by atoms with van der Waals surface area (Å²) in [7, 11) is 0. The first-order valence-electron chi connectivity index (χ1n) is 6.00. The summed E-state index contributed by atoms with van der Waals surface area (Å²) < 4.78 is 5.45. The normalized spacial score (nSPS) is 19.6. The van der Waals surface area contributed by atoms with Gasteiger partial charge in [0.25, 0.3) is 0 Å². The van der Waals surface area contributed by atoms with E-state index in [4.69, 9.17) is 27.9 Å². The van der Waals surface area contributed by atoms with Crippen LogP contribution in [0.25, 0.3) is 0 Å². The van der Waals surface area contributed by atoms with Crippen LogP contribution >= 0.6 is 23.2 Å². The number of nitrogens with one attached hydrogen (secondary N) is 1. The molecule has 1 aromatic rings. The first kappa shape index (κ1) is 13.7. The van der Waals surface area contributed by atoms with E-state index in [2.05, 4.69) is 5.32 Å². The topological polar surface area (TPSA) is 38.3 Å². The summed E-state index contributed by atoms with van der Waals surface area (Å²) in [5, 5.41) is 3.88. The molecule has 1 saturated heterocycles. The highest BCUT2D eigenvalue weighted by Crippen LogP contribution is 2.24. The number of hydrogen-bond donors (Lipinski definition) is 1. The third-order valence-corrected chi connectivity index (χ3v) is 3.61. The zero-order valence-electron chi connectivity index (χ0n) is 9.92. The van der Waals surface area contributed by atoms with Gasteiger partial charge < -0.3 is 10.1 Å². The summed E-state index contributed by atoms with van der Waals surface area (Å²) in [6.45, 7) is 0.706. The van der Waals surface area contributed by atoms with Crippen molar-refractivity contribution in [1.82, 2.24) is 5.32 Å². The SMILES string of the molecule is O=C(Cc1c(Cl)cccc1Cl)NC1CCCCO1. The molecule has 0 aromatic heterocycles. The Morgan fingerprint density at radius 3 is 2.67 bits per heavy atom. The van der Waals surface area contributed by atoms with Crippen LogP contribution < -0.4 is 5.32 Å². The summed E-state index contributed by atoms with van der Waals surface area (Å²) >= 11 is 12.0. The van der Waals surface area contributed by atoms with E-state index in [1.165, 1.54) is 0 Å². The monoisotopic (exact) mass is 287 g/mol. The molecule has 18 heavy (non-hydrogen) atoms. The highest BCUT2D eigenvalue weighted by atomic mass is 35.5. The Bertz CT molecular complexity index is 411. The first-order chi connectivity index (χ1) is 8.66. The van der Waals surface area contributed by atoms with Crippen LogP contribution in [0.5, 0.6) is 0 Å². The maximum Gasteiger partial charge on any atom is 0.226 e. The molecule has 0 bridgehead atoms. The summed E-state index contributed by atoms with van der Waals surface area (Å²) in [6, 6.07) is 5.22. The van der Waals surface area contributed by atoms with Crippen LogP contribution in [0.2, 0.25) is 10.0 Å². The number of halogens is 2. The number of rotatable bonds is 3. The molecule has 1 aliphatic heterocycles. The van der Waals surface area contributed by atoms with Gasteiger partial charge in [-0.2, -0.15) is 0 Å². The molecule has 1 unspecified atom stereocenters. The Kier molecular flexibility index (Phi) is 4.87. The highest BCUT2D eigenvalue weighted by Gasteiger charge is 2.17. The molecule has 5 heteroatoms. The van der Waals surface area contributed by atoms with Gasteiger partial charge in [-0.25, -0.2) is 0 Å². The van der Waals surface area contributed by atoms with Gasteiger partial charge >= 0.3 is 0 Å². The van der Waals surface area contributed by atoms with E-state index in [0.717, 1.165) is 19.3 Å². The molecule has 1 N–H and O–H groups in total. The van der Waals surface area contributed by atoms with E-state index < -0.39 is 0 Å². The van der Waals surface area contributed by atoms with Crippen molar-refractivity contribution in [1.29, 1.82) is 0 Å². The van der Waals surface area contributed by atoms with Crippen molar-refractivity contribution >= 4 is 29.1 Å². The van der Waals surface area contributed by atoms with Crippen molar-refractivity contribution in [2.75, 3.05) is 6.61 Å². The molecule has 1 aliphatic rings.